The van der Waals surface area contributed by atoms with Crippen molar-refractivity contribution in [1.82, 2.24) is 9.97 Å². The van der Waals surface area contributed by atoms with E-state index in [0.717, 1.165) is 11.6 Å². The normalized spacial score (nSPS) is 18.2. The Hall–Kier alpha value is -1.80. The lowest BCUT2D eigenvalue weighted by atomic mass is 10.3. The molecule has 0 saturated carbocycles. The Morgan fingerprint density at radius 2 is 2.48 bits per heavy atom. The summed E-state index contributed by atoms with van der Waals surface area (Å²) in [4.78, 5) is 33.0. The minimum atomic E-state index is -0.416. The Labute approximate surface area is 129 Å². The average molecular weight is 323 g/mol. The number of carbonyl (C=O) groups excluding carboxylic acids is 2. The van der Waals surface area contributed by atoms with E-state index < -0.39 is 5.97 Å². The number of aromatic amines is 1. The second-order valence-electron chi connectivity index (χ2n) is 4.41. The van der Waals surface area contributed by atoms with E-state index in [9.17, 15) is 9.59 Å². The Morgan fingerprint density at radius 3 is 3.19 bits per heavy atom. The van der Waals surface area contributed by atoms with Crippen LogP contribution in [0.1, 0.15) is 16.8 Å². The van der Waals surface area contributed by atoms with Gasteiger partial charge in [0.25, 0.3) is 0 Å². The maximum absolute atomic E-state index is 12.5. The van der Waals surface area contributed by atoms with E-state index in [0.29, 0.717) is 17.1 Å². The molecular weight excluding hydrogens is 310 g/mol. The van der Waals surface area contributed by atoms with Crippen LogP contribution in [-0.4, -0.2) is 40.7 Å². The summed E-state index contributed by atoms with van der Waals surface area (Å²) in [6, 6.07) is 1.69. The molecule has 1 aliphatic heterocycles. The monoisotopic (exact) mass is 323 g/mol. The molecule has 1 N–H and O–H groups in total. The number of nitrogens with zero attached hydrogens (tertiary/aromatic N) is 2. The molecule has 3 heterocycles. The van der Waals surface area contributed by atoms with Crippen molar-refractivity contribution in [3.63, 3.8) is 0 Å². The predicted molar refractivity (Wildman–Crippen MR) is 80.9 cm³/mol. The summed E-state index contributed by atoms with van der Waals surface area (Å²) in [5.74, 6) is -0.412. The molecule has 0 aliphatic carbocycles. The van der Waals surface area contributed by atoms with Crippen molar-refractivity contribution in [3.05, 3.63) is 29.4 Å². The number of nitrogens with one attached hydrogen (secondary N) is 1. The van der Waals surface area contributed by atoms with Gasteiger partial charge in [-0.2, -0.15) is 0 Å². The number of esters is 1. The molecule has 2 aromatic heterocycles. The number of hydrogen-bond donors (Lipinski definition) is 1. The van der Waals surface area contributed by atoms with Crippen molar-refractivity contribution in [2.75, 3.05) is 18.6 Å². The van der Waals surface area contributed by atoms with Crippen molar-refractivity contribution >= 4 is 40.0 Å². The smallest absolute Gasteiger partial charge is 0.340 e. The number of thiophene rings is 1. The van der Waals surface area contributed by atoms with Crippen molar-refractivity contribution in [1.29, 1.82) is 0 Å². The summed E-state index contributed by atoms with van der Waals surface area (Å²) in [6.45, 7) is 0.599. The van der Waals surface area contributed by atoms with E-state index in [1.54, 1.807) is 28.7 Å². The zero-order valence-electron chi connectivity index (χ0n) is 11.2. The van der Waals surface area contributed by atoms with E-state index in [1.807, 2.05) is 0 Å². The SMILES string of the molecule is COC(=O)c1ccsc1N1CC[C@H](Sc2ncc[nH]2)C1=O. The summed E-state index contributed by atoms with van der Waals surface area (Å²) in [6.07, 6.45) is 4.12. The van der Waals surface area contributed by atoms with Gasteiger partial charge in [-0.3, -0.25) is 4.79 Å². The molecule has 0 bridgehead atoms. The molecule has 1 atom stereocenters. The van der Waals surface area contributed by atoms with Crippen LogP contribution in [0.5, 0.6) is 0 Å². The lowest BCUT2D eigenvalue weighted by molar-refractivity contribution is -0.116. The molecule has 1 amide bonds. The lowest BCUT2D eigenvalue weighted by Gasteiger charge is -2.15. The molecule has 1 saturated heterocycles. The summed E-state index contributed by atoms with van der Waals surface area (Å²) in [7, 11) is 1.34. The second-order valence-corrected chi connectivity index (χ2v) is 6.50. The fraction of sp³-hybridized carbons (Fsp3) is 0.308. The van der Waals surface area contributed by atoms with Gasteiger partial charge in [-0.15, -0.1) is 11.3 Å². The summed E-state index contributed by atoms with van der Waals surface area (Å²) in [5, 5.41) is 3.01. The number of amides is 1. The van der Waals surface area contributed by atoms with Gasteiger partial charge >= 0.3 is 5.97 Å². The van der Waals surface area contributed by atoms with Gasteiger partial charge in [0, 0.05) is 18.9 Å². The quantitative estimate of drug-likeness (QED) is 0.873. The molecule has 0 unspecified atom stereocenters. The largest absolute Gasteiger partial charge is 0.465 e. The van der Waals surface area contributed by atoms with E-state index in [2.05, 4.69) is 9.97 Å². The van der Waals surface area contributed by atoms with Gasteiger partial charge in [-0.1, -0.05) is 11.8 Å². The number of thioether (sulfide) groups is 1. The average Bonchev–Trinajstić information content (AvgIpc) is 3.21. The summed E-state index contributed by atoms with van der Waals surface area (Å²) in [5.41, 5.74) is 0.444. The highest BCUT2D eigenvalue weighted by molar-refractivity contribution is 8.00. The Kier molecular flexibility index (Phi) is 3.98. The first-order valence-corrected chi connectivity index (χ1v) is 8.10. The minimum Gasteiger partial charge on any atom is -0.465 e. The predicted octanol–water partition coefficient (Wildman–Crippen LogP) is 2.16. The van der Waals surface area contributed by atoms with Gasteiger partial charge in [0.1, 0.15) is 5.00 Å². The summed E-state index contributed by atoms with van der Waals surface area (Å²) >= 11 is 2.79. The van der Waals surface area contributed by atoms with Crippen LogP contribution in [0.25, 0.3) is 0 Å². The molecule has 1 aliphatic rings. The van der Waals surface area contributed by atoms with Crippen LogP contribution in [0, 0.1) is 0 Å². The first-order chi connectivity index (χ1) is 10.2. The molecule has 6 nitrogen and oxygen atoms in total. The van der Waals surface area contributed by atoms with Crippen LogP contribution in [0.4, 0.5) is 5.00 Å². The number of methoxy groups -OCH3 is 1. The highest BCUT2D eigenvalue weighted by atomic mass is 32.2. The maximum Gasteiger partial charge on any atom is 0.340 e. The van der Waals surface area contributed by atoms with E-state index in [-0.39, 0.29) is 11.2 Å². The molecule has 2 aromatic rings. The highest BCUT2D eigenvalue weighted by Gasteiger charge is 2.36. The zero-order valence-corrected chi connectivity index (χ0v) is 12.9. The third-order valence-corrected chi connectivity index (χ3v) is 5.28. The Morgan fingerprint density at radius 1 is 1.62 bits per heavy atom. The molecule has 8 heteroatoms. The first kappa shape index (κ1) is 14.2. The third-order valence-electron chi connectivity index (χ3n) is 3.18. The first-order valence-electron chi connectivity index (χ1n) is 6.34. The fourth-order valence-electron chi connectivity index (χ4n) is 2.19. The topological polar surface area (TPSA) is 75.3 Å². The second kappa shape index (κ2) is 5.90. The molecule has 0 aromatic carbocycles. The van der Waals surface area contributed by atoms with Gasteiger partial charge in [-0.05, 0) is 17.9 Å². The van der Waals surface area contributed by atoms with Crippen LogP contribution in [-0.2, 0) is 9.53 Å². The maximum atomic E-state index is 12.5. The minimum absolute atomic E-state index is 0.00371. The number of rotatable bonds is 4. The van der Waals surface area contributed by atoms with Gasteiger partial charge in [-0.25, -0.2) is 9.78 Å². The lowest BCUT2D eigenvalue weighted by Crippen LogP contribution is -2.28. The van der Waals surface area contributed by atoms with Crippen molar-refractivity contribution in [3.8, 4) is 0 Å². The van der Waals surface area contributed by atoms with Crippen molar-refractivity contribution in [2.24, 2.45) is 0 Å². The van der Waals surface area contributed by atoms with E-state index in [4.69, 9.17) is 4.74 Å². The number of hydrogen-bond acceptors (Lipinski definition) is 6. The summed E-state index contributed by atoms with van der Waals surface area (Å²) < 4.78 is 4.75. The van der Waals surface area contributed by atoms with Gasteiger partial charge in [0.15, 0.2) is 5.16 Å². The van der Waals surface area contributed by atoms with E-state index in [1.165, 1.54) is 30.2 Å². The van der Waals surface area contributed by atoms with Gasteiger partial charge in [0.05, 0.1) is 17.9 Å². The number of aromatic nitrogens is 2. The molecular formula is C13H13N3O3S2. The number of ether oxygens (including phenoxy) is 1. The molecule has 3 rings (SSSR count). The number of anilines is 1. The molecule has 21 heavy (non-hydrogen) atoms. The molecule has 1 fully saturated rings. The highest BCUT2D eigenvalue weighted by Crippen LogP contribution is 2.36. The van der Waals surface area contributed by atoms with Crippen LogP contribution in [0.15, 0.2) is 29.0 Å². The van der Waals surface area contributed by atoms with E-state index >= 15 is 0 Å². The standard InChI is InChI=1S/C13H13N3O3S2/c1-19-12(18)8-3-7-20-11(8)16-6-2-9(10(16)17)21-13-14-4-5-15-13/h3-5,7,9H,2,6H2,1H3,(H,14,15)/t9-/m0/s1. The van der Waals surface area contributed by atoms with Gasteiger partial charge < -0.3 is 14.6 Å². The van der Waals surface area contributed by atoms with Crippen molar-refractivity contribution in [2.45, 2.75) is 16.8 Å². The molecule has 0 radical (unpaired) electrons. The fourth-order valence-corrected chi connectivity index (χ4v) is 4.09. The Bertz CT molecular complexity index is 653. The molecule has 0 spiro atoms. The third kappa shape index (κ3) is 2.68. The Balaban J connectivity index is 1.78. The van der Waals surface area contributed by atoms with Crippen LogP contribution >= 0.6 is 23.1 Å². The number of H-pyrrole nitrogens is 1. The molecule has 110 valence electrons. The van der Waals surface area contributed by atoms with Crippen LogP contribution in [0.3, 0.4) is 0 Å². The van der Waals surface area contributed by atoms with Crippen LogP contribution < -0.4 is 4.90 Å². The number of imidazole rings is 1. The number of carbonyl (C=O) groups is 2. The zero-order chi connectivity index (χ0) is 14.8. The van der Waals surface area contributed by atoms with Crippen molar-refractivity contribution < 1.29 is 14.3 Å². The van der Waals surface area contributed by atoms with Crippen LogP contribution in [0.2, 0.25) is 0 Å². The van der Waals surface area contributed by atoms with Gasteiger partial charge in [0.2, 0.25) is 5.91 Å².